The molecule has 4 nitrogen and oxygen atoms in total. The number of rotatable bonds is 8. The van der Waals surface area contributed by atoms with Crippen LogP contribution in [0.5, 0.6) is 0 Å². The molecule has 1 aromatic carbocycles. The average Bonchev–Trinajstić information content (AvgIpc) is 2.37. The molecule has 2 N–H and O–H groups in total. The lowest BCUT2D eigenvalue weighted by Crippen LogP contribution is -2.39. The summed E-state index contributed by atoms with van der Waals surface area (Å²) in [5, 5.41) is 12.0. The van der Waals surface area contributed by atoms with Crippen molar-refractivity contribution >= 4 is 11.8 Å². The lowest BCUT2D eigenvalue weighted by molar-refractivity contribution is -0.137. The smallest absolute Gasteiger partial charge is 0.303 e. The Balaban J connectivity index is 2.89. The minimum absolute atomic E-state index is 0.00753. The molecule has 0 saturated heterocycles. The van der Waals surface area contributed by atoms with Crippen LogP contribution in [0.15, 0.2) is 18.2 Å². The minimum atomic E-state index is -0.875. The summed E-state index contributed by atoms with van der Waals surface area (Å²) in [6, 6.07) is 5.28. The van der Waals surface area contributed by atoms with Crippen LogP contribution >= 0.6 is 0 Å². The predicted octanol–water partition coefficient (Wildman–Crippen LogP) is 2.97. The summed E-state index contributed by atoms with van der Waals surface area (Å²) in [6.45, 7) is 8.71. The number of Topliss-reactive ketones (excluding diaryl/α,β-unsaturated/α-hetero) is 1. The molecule has 0 aliphatic carbocycles. The fourth-order valence-corrected chi connectivity index (χ4v) is 2.25. The Morgan fingerprint density at radius 2 is 1.90 bits per heavy atom. The molecule has 1 rings (SSSR count). The topological polar surface area (TPSA) is 66.4 Å². The highest BCUT2D eigenvalue weighted by Gasteiger charge is 2.22. The number of hydrogen-bond donors (Lipinski definition) is 2. The van der Waals surface area contributed by atoms with Gasteiger partial charge in [-0.1, -0.05) is 37.6 Å². The van der Waals surface area contributed by atoms with Crippen molar-refractivity contribution < 1.29 is 14.7 Å². The molecule has 0 saturated carbocycles. The first-order chi connectivity index (χ1) is 9.81. The van der Waals surface area contributed by atoms with Gasteiger partial charge >= 0.3 is 5.97 Å². The Morgan fingerprint density at radius 3 is 2.43 bits per heavy atom. The largest absolute Gasteiger partial charge is 0.481 e. The molecular weight excluding hydrogens is 266 g/mol. The lowest BCUT2D eigenvalue weighted by atomic mass is 9.95. The Kier molecular flexibility index (Phi) is 6.56. The lowest BCUT2D eigenvalue weighted by Gasteiger charge is -2.19. The van der Waals surface area contributed by atoms with E-state index in [2.05, 4.69) is 19.2 Å². The van der Waals surface area contributed by atoms with Gasteiger partial charge in [0, 0.05) is 12.0 Å². The molecule has 0 aromatic heterocycles. The monoisotopic (exact) mass is 291 g/mol. The normalized spacial score (nSPS) is 12.4. The third kappa shape index (κ3) is 5.68. The highest BCUT2D eigenvalue weighted by atomic mass is 16.4. The van der Waals surface area contributed by atoms with E-state index in [1.807, 2.05) is 32.0 Å². The highest BCUT2D eigenvalue weighted by Crippen LogP contribution is 2.15. The zero-order chi connectivity index (χ0) is 16.0. The van der Waals surface area contributed by atoms with Crippen molar-refractivity contribution in [2.45, 2.75) is 46.6 Å². The summed E-state index contributed by atoms with van der Waals surface area (Å²) in [7, 11) is 0. The van der Waals surface area contributed by atoms with Crippen LogP contribution in [-0.4, -0.2) is 29.4 Å². The van der Waals surface area contributed by atoms with Crippen molar-refractivity contribution in [3.63, 3.8) is 0 Å². The van der Waals surface area contributed by atoms with Crippen LogP contribution in [0, 0.1) is 19.8 Å². The second-order valence-corrected chi connectivity index (χ2v) is 5.97. The van der Waals surface area contributed by atoms with Gasteiger partial charge in [-0.2, -0.15) is 0 Å². The number of aryl methyl sites for hydroxylation is 2. The van der Waals surface area contributed by atoms with Crippen LogP contribution < -0.4 is 5.32 Å². The number of ketones is 1. The van der Waals surface area contributed by atoms with Gasteiger partial charge < -0.3 is 10.4 Å². The van der Waals surface area contributed by atoms with Crippen molar-refractivity contribution in [3.8, 4) is 0 Å². The van der Waals surface area contributed by atoms with Crippen molar-refractivity contribution in [2.24, 2.45) is 5.92 Å². The molecule has 1 aromatic rings. The fraction of sp³-hybridized carbons (Fsp3) is 0.529. The van der Waals surface area contributed by atoms with Gasteiger partial charge in [-0.05, 0) is 38.3 Å². The first-order valence-corrected chi connectivity index (χ1v) is 7.38. The molecule has 0 bridgehead atoms. The molecule has 116 valence electrons. The number of nitrogens with one attached hydrogen (secondary N) is 1. The van der Waals surface area contributed by atoms with Crippen molar-refractivity contribution in [1.29, 1.82) is 0 Å². The van der Waals surface area contributed by atoms with E-state index in [-0.39, 0.29) is 12.2 Å². The summed E-state index contributed by atoms with van der Waals surface area (Å²) < 4.78 is 0. The molecule has 0 radical (unpaired) electrons. The van der Waals surface area contributed by atoms with Crippen LogP contribution in [0.3, 0.4) is 0 Å². The average molecular weight is 291 g/mol. The zero-order valence-corrected chi connectivity index (χ0v) is 13.3. The molecule has 0 aliphatic heterocycles. The molecule has 1 unspecified atom stereocenters. The maximum atomic E-state index is 12.6. The van der Waals surface area contributed by atoms with E-state index in [1.165, 1.54) is 0 Å². The summed E-state index contributed by atoms with van der Waals surface area (Å²) in [5.74, 6) is -0.488. The molecule has 0 amide bonds. The van der Waals surface area contributed by atoms with Crippen LogP contribution in [0.1, 0.15) is 48.2 Å². The van der Waals surface area contributed by atoms with E-state index in [1.54, 1.807) is 0 Å². The van der Waals surface area contributed by atoms with E-state index < -0.39 is 12.0 Å². The van der Waals surface area contributed by atoms with E-state index >= 15 is 0 Å². The third-order valence-electron chi connectivity index (χ3n) is 3.38. The van der Waals surface area contributed by atoms with Gasteiger partial charge in [0.15, 0.2) is 5.78 Å². The summed E-state index contributed by atoms with van der Waals surface area (Å²) in [4.78, 5) is 23.4. The Morgan fingerprint density at radius 1 is 1.24 bits per heavy atom. The number of aliphatic carboxylic acids is 1. The number of hydrogen-bond acceptors (Lipinski definition) is 3. The van der Waals surface area contributed by atoms with Crippen LogP contribution in [0.25, 0.3) is 0 Å². The maximum Gasteiger partial charge on any atom is 0.303 e. The molecule has 0 heterocycles. The van der Waals surface area contributed by atoms with Crippen LogP contribution in [0.4, 0.5) is 0 Å². The van der Waals surface area contributed by atoms with Crippen molar-refractivity contribution in [3.05, 3.63) is 34.9 Å². The molecule has 0 fully saturated rings. The molecule has 1 atom stereocenters. The number of benzene rings is 1. The molecule has 4 heteroatoms. The fourth-order valence-electron chi connectivity index (χ4n) is 2.25. The van der Waals surface area contributed by atoms with E-state index in [0.717, 1.165) is 11.1 Å². The Bertz CT molecular complexity index is 509. The van der Waals surface area contributed by atoms with Gasteiger partial charge in [-0.3, -0.25) is 9.59 Å². The Hall–Kier alpha value is -1.68. The number of carbonyl (C=O) groups excluding carboxylic acids is 1. The van der Waals surface area contributed by atoms with E-state index in [0.29, 0.717) is 24.4 Å². The highest BCUT2D eigenvalue weighted by molar-refractivity contribution is 6.01. The van der Waals surface area contributed by atoms with Gasteiger partial charge in [0.05, 0.1) is 6.04 Å². The third-order valence-corrected chi connectivity index (χ3v) is 3.38. The first-order valence-electron chi connectivity index (χ1n) is 7.38. The predicted molar refractivity (Wildman–Crippen MR) is 83.7 cm³/mol. The molecule has 0 spiro atoms. The van der Waals surface area contributed by atoms with Gasteiger partial charge in [0.1, 0.15) is 0 Å². The van der Waals surface area contributed by atoms with Crippen LogP contribution in [-0.2, 0) is 4.79 Å². The van der Waals surface area contributed by atoms with Gasteiger partial charge in [-0.25, -0.2) is 0 Å². The van der Waals surface area contributed by atoms with Crippen molar-refractivity contribution in [1.82, 2.24) is 5.32 Å². The Labute approximate surface area is 126 Å². The second-order valence-electron chi connectivity index (χ2n) is 5.97. The van der Waals surface area contributed by atoms with Gasteiger partial charge in [0.25, 0.3) is 0 Å². The number of carboxylic acid groups (broad SMARTS) is 1. The van der Waals surface area contributed by atoms with Gasteiger partial charge in [-0.15, -0.1) is 0 Å². The second kappa shape index (κ2) is 7.93. The first kappa shape index (κ1) is 17.4. The van der Waals surface area contributed by atoms with Crippen molar-refractivity contribution in [2.75, 3.05) is 6.54 Å². The zero-order valence-electron chi connectivity index (χ0n) is 13.3. The summed E-state index contributed by atoms with van der Waals surface area (Å²) in [6.07, 6.45) is 0.306. The van der Waals surface area contributed by atoms with Gasteiger partial charge in [0.2, 0.25) is 0 Å². The number of carboxylic acids is 1. The molecule has 21 heavy (non-hydrogen) atoms. The SMILES string of the molecule is Cc1ccc(C(=O)C(CCC(=O)O)NCC(C)C)c(C)c1. The molecule has 0 aliphatic rings. The summed E-state index contributed by atoms with van der Waals surface area (Å²) >= 11 is 0. The van der Waals surface area contributed by atoms with E-state index in [9.17, 15) is 9.59 Å². The quantitative estimate of drug-likeness (QED) is 0.723. The number of carbonyl (C=O) groups is 2. The van der Waals surface area contributed by atoms with Crippen LogP contribution in [0.2, 0.25) is 0 Å². The maximum absolute atomic E-state index is 12.6. The molecular formula is C17H25NO3. The van der Waals surface area contributed by atoms with E-state index in [4.69, 9.17) is 5.11 Å². The standard InChI is InChI=1S/C17H25NO3/c1-11(2)10-18-15(7-8-16(19)20)17(21)14-6-5-12(3)9-13(14)4/h5-6,9,11,15,18H,7-8,10H2,1-4H3,(H,19,20). The summed E-state index contributed by atoms with van der Waals surface area (Å²) in [5.41, 5.74) is 2.72. The minimum Gasteiger partial charge on any atom is -0.481 e.